The fraction of sp³-hybridized carbons (Fsp3) is 0.231. The van der Waals surface area contributed by atoms with Crippen LogP contribution in [0.4, 0.5) is 4.39 Å². The second kappa shape index (κ2) is 9.52. The summed E-state index contributed by atoms with van der Waals surface area (Å²) < 4.78 is 26.1. The van der Waals surface area contributed by atoms with Gasteiger partial charge >= 0.3 is 5.97 Å². The number of carboxylic acid groups (broad SMARTS) is 1. The quantitative estimate of drug-likeness (QED) is 0.330. The van der Waals surface area contributed by atoms with Gasteiger partial charge in [0.1, 0.15) is 11.4 Å². The van der Waals surface area contributed by atoms with Crippen LogP contribution in [0, 0.1) is 18.2 Å². The van der Waals surface area contributed by atoms with Gasteiger partial charge < -0.3 is 15.1 Å². The van der Waals surface area contributed by atoms with Crippen LogP contribution in [0.2, 0.25) is 0 Å². The molecule has 3 unspecified atom stereocenters. The Bertz CT molecular complexity index is 1270. The van der Waals surface area contributed by atoms with E-state index in [2.05, 4.69) is 0 Å². The average molecular weight is 481 g/mol. The van der Waals surface area contributed by atoms with Gasteiger partial charge in [0.15, 0.2) is 0 Å². The SMILES string of the molecule is C#CC(C(=O)O)([PH](=O)O)C(C)(O)c1c(-c2ccc(F)cc2)cc(-c2ccccc2)nc1C(C)C. The standard InChI is InChI=1S/C26H25FNO5P/c1-5-26(24(29)30,34(32)33)25(4,31)22-20(17-11-13-19(27)14-12-17)15-21(28-23(22)16(2)3)18-9-7-6-8-10-18/h1,6-16,31,34H,2-4H3,(H,29,30)(H,32,33). The normalized spacial score (nSPS) is 15.7. The average Bonchev–Trinajstić information content (AvgIpc) is 2.79. The summed E-state index contributed by atoms with van der Waals surface area (Å²) in [6, 6.07) is 16.2. The summed E-state index contributed by atoms with van der Waals surface area (Å²) in [4.78, 5) is 27.1. The van der Waals surface area contributed by atoms with Gasteiger partial charge in [0.2, 0.25) is 13.2 Å². The monoisotopic (exact) mass is 481 g/mol. The van der Waals surface area contributed by atoms with E-state index in [9.17, 15) is 28.9 Å². The third-order valence-corrected chi connectivity index (χ3v) is 7.38. The number of aliphatic hydroxyl groups is 1. The van der Waals surface area contributed by atoms with Crippen LogP contribution in [0.5, 0.6) is 0 Å². The van der Waals surface area contributed by atoms with Crippen molar-refractivity contribution >= 4 is 14.0 Å². The number of hydrogen-bond donors (Lipinski definition) is 3. The summed E-state index contributed by atoms with van der Waals surface area (Å²) >= 11 is 0. The first-order valence-electron chi connectivity index (χ1n) is 10.5. The molecule has 0 spiro atoms. The van der Waals surface area contributed by atoms with E-state index in [1.807, 2.05) is 36.3 Å². The van der Waals surface area contributed by atoms with Crippen molar-refractivity contribution in [1.29, 1.82) is 0 Å². The van der Waals surface area contributed by atoms with E-state index in [0.29, 0.717) is 22.5 Å². The lowest BCUT2D eigenvalue weighted by atomic mass is 9.76. The minimum atomic E-state index is -4.02. The van der Waals surface area contributed by atoms with E-state index >= 15 is 0 Å². The number of aromatic nitrogens is 1. The molecule has 2 aromatic carbocycles. The number of carboxylic acids is 1. The number of halogens is 1. The Morgan fingerprint density at radius 1 is 1.12 bits per heavy atom. The van der Waals surface area contributed by atoms with Crippen molar-refractivity contribution in [1.82, 2.24) is 4.98 Å². The molecule has 0 bridgehead atoms. The Labute approximate surface area is 198 Å². The zero-order valence-electron chi connectivity index (χ0n) is 18.9. The third-order valence-electron chi connectivity index (χ3n) is 5.89. The lowest BCUT2D eigenvalue weighted by molar-refractivity contribution is -0.145. The van der Waals surface area contributed by atoms with Crippen molar-refractivity contribution in [3.63, 3.8) is 0 Å². The van der Waals surface area contributed by atoms with E-state index in [1.54, 1.807) is 19.9 Å². The van der Waals surface area contributed by atoms with Gasteiger partial charge in [-0.1, -0.05) is 62.2 Å². The lowest BCUT2D eigenvalue weighted by Gasteiger charge is -2.39. The molecule has 6 nitrogen and oxygen atoms in total. The molecular formula is C26H25FNO5P. The molecule has 34 heavy (non-hydrogen) atoms. The molecule has 0 amide bonds. The van der Waals surface area contributed by atoms with Crippen molar-refractivity contribution in [2.24, 2.45) is 0 Å². The molecule has 0 aliphatic heterocycles. The Hall–Kier alpha value is -3.30. The van der Waals surface area contributed by atoms with Crippen molar-refractivity contribution in [3.8, 4) is 34.7 Å². The van der Waals surface area contributed by atoms with E-state index in [0.717, 1.165) is 12.5 Å². The molecule has 1 heterocycles. The Morgan fingerprint density at radius 2 is 1.71 bits per heavy atom. The highest BCUT2D eigenvalue weighted by Crippen LogP contribution is 2.52. The minimum absolute atomic E-state index is 0.00143. The van der Waals surface area contributed by atoms with Gasteiger partial charge in [-0.3, -0.25) is 9.55 Å². The van der Waals surface area contributed by atoms with Gasteiger partial charge in [0.25, 0.3) is 0 Å². The molecule has 3 N–H and O–H groups in total. The molecule has 1 aromatic heterocycles. The molecule has 0 saturated carbocycles. The van der Waals surface area contributed by atoms with Crippen LogP contribution in [-0.2, 0) is 15.0 Å². The van der Waals surface area contributed by atoms with Crippen molar-refractivity contribution < 1.29 is 28.9 Å². The highest BCUT2D eigenvalue weighted by molar-refractivity contribution is 7.42. The zero-order valence-corrected chi connectivity index (χ0v) is 19.9. The minimum Gasteiger partial charge on any atom is -0.480 e. The van der Waals surface area contributed by atoms with Crippen LogP contribution < -0.4 is 0 Å². The van der Waals surface area contributed by atoms with Crippen molar-refractivity contribution in [3.05, 3.63) is 77.7 Å². The van der Waals surface area contributed by atoms with Gasteiger partial charge in [0.05, 0.1) is 11.4 Å². The molecule has 176 valence electrons. The highest BCUT2D eigenvalue weighted by Gasteiger charge is 2.59. The van der Waals surface area contributed by atoms with Gasteiger partial charge in [-0.05, 0) is 42.2 Å². The molecule has 3 atom stereocenters. The summed E-state index contributed by atoms with van der Waals surface area (Å²) in [6.07, 6.45) is 5.49. The van der Waals surface area contributed by atoms with Gasteiger partial charge in [-0.15, -0.1) is 6.42 Å². The number of benzene rings is 2. The molecular weight excluding hydrogens is 456 g/mol. The number of aliphatic carboxylic acids is 1. The Kier molecular flexibility index (Phi) is 7.09. The fourth-order valence-corrected chi connectivity index (χ4v) is 4.92. The third kappa shape index (κ3) is 4.17. The van der Waals surface area contributed by atoms with Crippen LogP contribution in [0.3, 0.4) is 0 Å². The number of terminal acetylenes is 1. The molecule has 0 saturated heterocycles. The lowest BCUT2D eigenvalue weighted by Crippen LogP contribution is -2.53. The van der Waals surface area contributed by atoms with E-state index in [1.165, 1.54) is 24.3 Å². The number of rotatable bonds is 7. The molecule has 0 aliphatic carbocycles. The van der Waals surface area contributed by atoms with Gasteiger partial charge in [0, 0.05) is 11.1 Å². The second-order valence-corrected chi connectivity index (χ2v) is 9.78. The van der Waals surface area contributed by atoms with Crippen LogP contribution >= 0.6 is 8.03 Å². The zero-order chi connectivity index (χ0) is 25.3. The number of nitrogens with zero attached hydrogens (tertiary/aromatic N) is 1. The molecule has 8 heteroatoms. The summed E-state index contributed by atoms with van der Waals surface area (Å²) in [6.45, 7) is 4.70. The number of pyridine rings is 1. The van der Waals surface area contributed by atoms with Gasteiger partial charge in [-0.2, -0.15) is 0 Å². The predicted molar refractivity (Wildman–Crippen MR) is 129 cm³/mol. The van der Waals surface area contributed by atoms with Crippen LogP contribution in [-0.4, -0.2) is 31.2 Å². The maximum absolute atomic E-state index is 13.7. The summed E-state index contributed by atoms with van der Waals surface area (Å²) in [5.41, 5.74) is -0.142. The smallest absolute Gasteiger partial charge is 0.335 e. The van der Waals surface area contributed by atoms with Crippen LogP contribution in [0.1, 0.15) is 37.9 Å². The van der Waals surface area contributed by atoms with E-state index in [4.69, 9.17) is 11.4 Å². The van der Waals surface area contributed by atoms with Gasteiger partial charge in [-0.25, -0.2) is 9.18 Å². The number of hydrogen-bond acceptors (Lipinski definition) is 4. The highest BCUT2D eigenvalue weighted by atomic mass is 31.1. The first-order chi connectivity index (χ1) is 16.0. The maximum Gasteiger partial charge on any atom is 0.335 e. The summed E-state index contributed by atoms with van der Waals surface area (Å²) in [5, 5.41) is 18.9. The first-order valence-corrected chi connectivity index (χ1v) is 11.9. The first kappa shape index (κ1) is 25.3. The Morgan fingerprint density at radius 3 is 2.18 bits per heavy atom. The predicted octanol–water partition coefficient (Wildman–Crippen LogP) is 4.81. The Balaban J connectivity index is 2.51. The topological polar surface area (TPSA) is 108 Å². The summed E-state index contributed by atoms with van der Waals surface area (Å²) in [5.74, 6) is -0.730. The second-order valence-electron chi connectivity index (χ2n) is 8.42. The van der Waals surface area contributed by atoms with E-state index in [-0.39, 0.29) is 11.5 Å². The van der Waals surface area contributed by atoms with Crippen molar-refractivity contribution in [2.75, 3.05) is 0 Å². The molecule has 0 fully saturated rings. The largest absolute Gasteiger partial charge is 0.480 e. The summed E-state index contributed by atoms with van der Waals surface area (Å²) in [7, 11) is -4.02. The van der Waals surface area contributed by atoms with Crippen molar-refractivity contribution in [2.45, 2.75) is 37.4 Å². The molecule has 3 aromatic rings. The maximum atomic E-state index is 13.7. The number of carbonyl (C=O) groups is 1. The van der Waals surface area contributed by atoms with Crippen LogP contribution in [0.15, 0.2) is 60.7 Å². The molecule has 3 rings (SSSR count). The molecule has 0 aliphatic rings. The van der Waals surface area contributed by atoms with E-state index < -0.39 is 30.6 Å². The van der Waals surface area contributed by atoms with Crippen LogP contribution in [0.25, 0.3) is 22.4 Å². The molecule has 0 radical (unpaired) electrons. The fourth-order valence-electron chi connectivity index (χ4n) is 4.07.